The Morgan fingerprint density at radius 1 is 0.818 bits per heavy atom. The number of anilines is 1. The summed E-state index contributed by atoms with van der Waals surface area (Å²) in [5.41, 5.74) is 2.08. The minimum Gasteiger partial charge on any atom is -0.339 e. The van der Waals surface area contributed by atoms with Crippen molar-refractivity contribution in [2.75, 3.05) is 5.32 Å². The molecule has 1 amide bonds. The van der Waals surface area contributed by atoms with Crippen molar-refractivity contribution in [1.29, 1.82) is 0 Å². The standard InChI is InChI=1S/C23H18Cl5N3OS/c24-16-11-12-18(17(25)13-16)29-22(33)31-21(23(26,27)28)30-20(32)19(14-7-3-1-4-8-14)15-9-5-2-6-10-15/h1-13,19,21H,(H,30,32)(H2,29,31,33). The zero-order chi connectivity index (χ0) is 24.0. The number of rotatable bonds is 6. The topological polar surface area (TPSA) is 53.2 Å². The number of hydrogen-bond donors (Lipinski definition) is 3. The zero-order valence-corrected chi connectivity index (χ0v) is 21.5. The summed E-state index contributed by atoms with van der Waals surface area (Å²) >= 11 is 35.9. The Labute approximate surface area is 222 Å². The molecule has 0 heterocycles. The van der Waals surface area contributed by atoms with Crippen LogP contribution in [0.25, 0.3) is 0 Å². The van der Waals surface area contributed by atoms with Gasteiger partial charge in [-0.2, -0.15) is 0 Å². The van der Waals surface area contributed by atoms with E-state index in [2.05, 4.69) is 16.0 Å². The third-order valence-corrected chi connectivity index (χ3v) is 6.02. The molecule has 0 fully saturated rings. The average molecular weight is 562 g/mol. The summed E-state index contributed by atoms with van der Waals surface area (Å²) in [5.74, 6) is -1.00. The molecule has 1 atom stereocenters. The highest BCUT2D eigenvalue weighted by molar-refractivity contribution is 7.80. The van der Waals surface area contributed by atoms with Crippen molar-refractivity contribution in [3.63, 3.8) is 0 Å². The molecule has 0 aliphatic rings. The van der Waals surface area contributed by atoms with E-state index in [0.717, 1.165) is 11.1 Å². The number of amides is 1. The zero-order valence-electron chi connectivity index (χ0n) is 16.9. The number of carbonyl (C=O) groups excluding carboxylic acids is 1. The summed E-state index contributed by atoms with van der Waals surface area (Å²) in [4.78, 5) is 13.4. The third-order valence-electron chi connectivity index (χ3n) is 4.60. The highest BCUT2D eigenvalue weighted by Gasteiger charge is 2.36. The van der Waals surface area contributed by atoms with Gasteiger partial charge in [0, 0.05) is 5.02 Å². The molecule has 3 N–H and O–H groups in total. The Morgan fingerprint density at radius 2 is 1.36 bits per heavy atom. The molecule has 0 aromatic heterocycles. The molecule has 3 aromatic carbocycles. The van der Waals surface area contributed by atoms with E-state index in [1.807, 2.05) is 60.7 Å². The van der Waals surface area contributed by atoms with Gasteiger partial charge in [0.05, 0.1) is 16.6 Å². The predicted molar refractivity (Wildman–Crippen MR) is 143 cm³/mol. The van der Waals surface area contributed by atoms with Crippen molar-refractivity contribution in [3.8, 4) is 0 Å². The Kier molecular flexibility index (Phi) is 9.10. The van der Waals surface area contributed by atoms with Gasteiger partial charge in [-0.05, 0) is 41.5 Å². The smallest absolute Gasteiger partial charge is 0.233 e. The molecule has 0 radical (unpaired) electrons. The summed E-state index contributed by atoms with van der Waals surface area (Å²) in [7, 11) is 0. The van der Waals surface area contributed by atoms with E-state index in [0.29, 0.717) is 15.7 Å². The van der Waals surface area contributed by atoms with Crippen molar-refractivity contribution in [1.82, 2.24) is 10.6 Å². The van der Waals surface area contributed by atoms with Crippen LogP contribution in [0.15, 0.2) is 78.9 Å². The molecule has 1 unspecified atom stereocenters. The molecule has 0 bridgehead atoms. The van der Waals surface area contributed by atoms with Gasteiger partial charge in [0.1, 0.15) is 6.17 Å². The van der Waals surface area contributed by atoms with Crippen LogP contribution in [0.3, 0.4) is 0 Å². The van der Waals surface area contributed by atoms with E-state index in [-0.39, 0.29) is 11.0 Å². The van der Waals surface area contributed by atoms with Gasteiger partial charge >= 0.3 is 0 Å². The van der Waals surface area contributed by atoms with Gasteiger partial charge in [0.25, 0.3) is 0 Å². The fraction of sp³-hybridized carbons (Fsp3) is 0.130. The molecule has 3 aromatic rings. The van der Waals surface area contributed by atoms with Crippen LogP contribution in [0, 0.1) is 0 Å². The SMILES string of the molecule is O=C(NC(NC(=S)Nc1ccc(Cl)cc1Cl)C(Cl)(Cl)Cl)C(c1ccccc1)c1ccccc1. The Morgan fingerprint density at radius 3 is 1.85 bits per heavy atom. The number of alkyl halides is 3. The van der Waals surface area contributed by atoms with Gasteiger partial charge in [0.2, 0.25) is 9.70 Å². The van der Waals surface area contributed by atoms with Crippen LogP contribution in [-0.4, -0.2) is 21.0 Å². The molecule has 0 saturated carbocycles. The van der Waals surface area contributed by atoms with Crippen LogP contribution in [0.2, 0.25) is 10.0 Å². The Balaban J connectivity index is 1.81. The highest BCUT2D eigenvalue weighted by atomic mass is 35.6. The minimum absolute atomic E-state index is 0.0896. The van der Waals surface area contributed by atoms with E-state index in [9.17, 15) is 4.79 Å². The second-order valence-corrected chi connectivity index (χ2v) is 10.6. The van der Waals surface area contributed by atoms with Crippen molar-refractivity contribution in [2.24, 2.45) is 0 Å². The third kappa shape index (κ3) is 7.38. The summed E-state index contributed by atoms with van der Waals surface area (Å²) in [6, 6.07) is 23.5. The normalized spacial score (nSPS) is 12.2. The van der Waals surface area contributed by atoms with Crippen LogP contribution < -0.4 is 16.0 Å². The second-order valence-electron chi connectivity index (χ2n) is 6.96. The van der Waals surface area contributed by atoms with Gasteiger partial charge in [-0.25, -0.2) is 0 Å². The minimum atomic E-state index is -1.91. The van der Waals surface area contributed by atoms with Crippen molar-refractivity contribution in [3.05, 3.63) is 100 Å². The van der Waals surface area contributed by atoms with Crippen LogP contribution in [0.4, 0.5) is 5.69 Å². The maximum absolute atomic E-state index is 13.4. The molecule has 0 aliphatic carbocycles. The lowest BCUT2D eigenvalue weighted by molar-refractivity contribution is -0.122. The summed E-state index contributed by atoms with van der Waals surface area (Å²) in [6.45, 7) is 0. The van der Waals surface area contributed by atoms with E-state index in [1.165, 1.54) is 0 Å². The number of carbonyl (C=O) groups is 1. The number of nitrogens with one attached hydrogen (secondary N) is 3. The van der Waals surface area contributed by atoms with Gasteiger partial charge in [-0.1, -0.05) is 119 Å². The van der Waals surface area contributed by atoms with Crippen molar-refractivity contribution in [2.45, 2.75) is 15.9 Å². The number of hydrogen-bond acceptors (Lipinski definition) is 2. The lowest BCUT2D eigenvalue weighted by Gasteiger charge is -2.30. The molecule has 0 saturated heterocycles. The van der Waals surface area contributed by atoms with E-state index in [1.54, 1.807) is 18.2 Å². The van der Waals surface area contributed by atoms with Gasteiger partial charge in [-0.15, -0.1) is 0 Å². The maximum Gasteiger partial charge on any atom is 0.233 e. The quantitative estimate of drug-likeness (QED) is 0.174. The first kappa shape index (κ1) is 25.9. The summed E-state index contributed by atoms with van der Waals surface area (Å²) in [6.07, 6.45) is -1.14. The monoisotopic (exact) mass is 559 g/mol. The largest absolute Gasteiger partial charge is 0.339 e. The first-order valence-electron chi connectivity index (χ1n) is 9.64. The van der Waals surface area contributed by atoms with Gasteiger partial charge in [-0.3, -0.25) is 4.79 Å². The van der Waals surface area contributed by atoms with Crippen molar-refractivity contribution >= 4 is 86.9 Å². The molecule has 3 rings (SSSR count). The van der Waals surface area contributed by atoms with E-state index >= 15 is 0 Å². The Bertz CT molecular complexity index is 1070. The van der Waals surface area contributed by atoms with Crippen molar-refractivity contribution < 1.29 is 4.79 Å². The molecule has 33 heavy (non-hydrogen) atoms. The van der Waals surface area contributed by atoms with E-state index in [4.69, 9.17) is 70.2 Å². The number of benzene rings is 3. The molecule has 172 valence electrons. The van der Waals surface area contributed by atoms with Crippen LogP contribution >= 0.6 is 70.2 Å². The first-order chi connectivity index (χ1) is 15.6. The maximum atomic E-state index is 13.4. The highest BCUT2D eigenvalue weighted by Crippen LogP contribution is 2.31. The lowest BCUT2D eigenvalue weighted by Crippen LogP contribution is -2.57. The summed E-state index contributed by atoms with van der Waals surface area (Å²) < 4.78 is -1.91. The summed E-state index contributed by atoms with van der Waals surface area (Å²) in [5, 5.41) is 9.43. The van der Waals surface area contributed by atoms with Crippen LogP contribution in [0.1, 0.15) is 17.0 Å². The average Bonchev–Trinajstić information content (AvgIpc) is 2.76. The second kappa shape index (κ2) is 11.6. The van der Waals surface area contributed by atoms with Crippen LogP contribution in [0.5, 0.6) is 0 Å². The fourth-order valence-corrected chi connectivity index (χ4v) is 4.10. The molecule has 0 spiro atoms. The van der Waals surface area contributed by atoms with Gasteiger partial charge in [0.15, 0.2) is 5.11 Å². The molecule has 10 heteroatoms. The number of halogens is 5. The molecule has 4 nitrogen and oxygen atoms in total. The lowest BCUT2D eigenvalue weighted by atomic mass is 9.90. The fourth-order valence-electron chi connectivity index (χ4n) is 3.09. The molecular formula is C23H18Cl5N3OS. The van der Waals surface area contributed by atoms with E-state index < -0.39 is 15.9 Å². The van der Waals surface area contributed by atoms with Crippen LogP contribution in [-0.2, 0) is 4.79 Å². The first-order valence-corrected chi connectivity index (χ1v) is 11.9. The Hall–Kier alpha value is -1.73. The molecular weight excluding hydrogens is 544 g/mol. The van der Waals surface area contributed by atoms with Gasteiger partial charge < -0.3 is 16.0 Å². The molecule has 0 aliphatic heterocycles. The number of thiocarbonyl (C=S) groups is 1. The predicted octanol–water partition coefficient (Wildman–Crippen LogP) is 6.92.